The fraction of sp³-hybridized carbons (Fsp3) is 0.143. The van der Waals surface area contributed by atoms with Crippen LogP contribution in [0, 0.1) is 6.92 Å². The molecule has 0 aliphatic heterocycles. The molecule has 1 heterocycles. The maximum atomic E-state index is 10.5. The summed E-state index contributed by atoms with van der Waals surface area (Å²) in [5.41, 5.74) is 3.01. The van der Waals surface area contributed by atoms with E-state index in [-0.39, 0.29) is 0 Å². The molecule has 0 aliphatic rings. The van der Waals surface area contributed by atoms with Gasteiger partial charge in [-0.15, -0.1) is 11.3 Å². The lowest BCUT2D eigenvalue weighted by atomic mass is 10.2. The van der Waals surface area contributed by atoms with Crippen molar-refractivity contribution in [3.63, 3.8) is 0 Å². The molecule has 0 amide bonds. The first-order chi connectivity index (χ1) is 12.6. The number of ether oxygens (including phenoxy) is 1. The van der Waals surface area contributed by atoms with Crippen molar-refractivity contribution >= 4 is 23.4 Å². The Bertz CT molecular complexity index is 899. The lowest BCUT2D eigenvalue weighted by Crippen LogP contribution is -2.01. The summed E-state index contributed by atoms with van der Waals surface area (Å²) in [6, 6.07) is 17.5. The van der Waals surface area contributed by atoms with Crippen molar-refractivity contribution in [3.05, 3.63) is 76.8 Å². The van der Waals surface area contributed by atoms with Crippen LogP contribution in [0.4, 0.5) is 0 Å². The van der Waals surface area contributed by atoms with Crippen LogP contribution >= 0.6 is 11.3 Å². The van der Waals surface area contributed by atoms with Gasteiger partial charge in [-0.2, -0.15) is 0 Å². The van der Waals surface area contributed by atoms with Gasteiger partial charge in [-0.25, -0.2) is 9.78 Å². The molecule has 3 aromatic rings. The number of nitrogens with zero attached hydrogens (tertiary/aromatic N) is 1. The number of aryl methyl sites for hydroxylation is 1. The standard InChI is InChI=1S/C21H19NO3S/c1-15-19(26-21(22-15)17-5-3-2-4-6-17)13-14-25-18-10-7-16(8-11-18)9-12-20(23)24/h2-12H,13-14H2,1H3,(H,23,24). The van der Waals surface area contributed by atoms with E-state index < -0.39 is 5.97 Å². The SMILES string of the molecule is Cc1nc(-c2ccccc2)sc1CCOc1ccc(C=CC(=O)O)cc1. The molecular formula is C21H19NO3S. The zero-order valence-electron chi connectivity index (χ0n) is 14.4. The molecular weight excluding hydrogens is 346 g/mol. The minimum Gasteiger partial charge on any atom is -0.493 e. The number of hydrogen-bond donors (Lipinski definition) is 1. The Labute approximate surface area is 156 Å². The second-order valence-electron chi connectivity index (χ2n) is 5.73. The summed E-state index contributed by atoms with van der Waals surface area (Å²) >= 11 is 1.70. The molecule has 1 N–H and O–H groups in total. The van der Waals surface area contributed by atoms with Gasteiger partial charge in [-0.1, -0.05) is 42.5 Å². The zero-order chi connectivity index (χ0) is 18.4. The van der Waals surface area contributed by atoms with Crippen molar-refractivity contribution in [2.45, 2.75) is 13.3 Å². The van der Waals surface area contributed by atoms with E-state index in [0.29, 0.717) is 6.61 Å². The third kappa shape index (κ3) is 4.80. The Balaban J connectivity index is 1.57. The van der Waals surface area contributed by atoms with E-state index in [1.54, 1.807) is 17.4 Å². The first-order valence-electron chi connectivity index (χ1n) is 8.27. The van der Waals surface area contributed by atoms with Gasteiger partial charge in [0, 0.05) is 22.9 Å². The molecule has 4 nitrogen and oxygen atoms in total. The average molecular weight is 365 g/mol. The predicted molar refractivity (Wildman–Crippen MR) is 105 cm³/mol. The lowest BCUT2D eigenvalue weighted by molar-refractivity contribution is -0.131. The first kappa shape index (κ1) is 17.9. The summed E-state index contributed by atoms with van der Waals surface area (Å²) in [4.78, 5) is 16.4. The Morgan fingerprint density at radius 2 is 1.88 bits per heavy atom. The molecule has 1 aromatic heterocycles. The first-order valence-corrected chi connectivity index (χ1v) is 9.09. The number of carboxylic acids is 1. The van der Waals surface area contributed by atoms with Crippen LogP contribution in [0.1, 0.15) is 16.1 Å². The van der Waals surface area contributed by atoms with Gasteiger partial charge in [0.2, 0.25) is 0 Å². The number of carboxylic acid groups (broad SMARTS) is 1. The number of thiazole rings is 1. The highest BCUT2D eigenvalue weighted by atomic mass is 32.1. The summed E-state index contributed by atoms with van der Waals surface area (Å²) in [6.07, 6.45) is 3.47. The average Bonchev–Trinajstić information content (AvgIpc) is 3.03. The molecule has 0 saturated heterocycles. The summed E-state index contributed by atoms with van der Waals surface area (Å²) in [6.45, 7) is 2.60. The van der Waals surface area contributed by atoms with Gasteiger partial charge < -0.3 is 9.84 Å². The normalized spacial score (nSPS) is 11.0. The summed E-state index contributed by atoms with van der Waals surface area (Å²) in [5.74, 6) is -0.192. The van der Waals surface area contributed by atoms with Crippen LogP contribution in [0.15, 0.2) is 60.7 Å². The zero-order valence-corrected chi connectivity index (χ0v) is 15.2. The van der Waals surface area contributed by atoms with Gasteiger partial charge in [0.1, 0.15) is 10.8 Å². The van der Waals surface area contributed by atoms with Gasteiger partial charge in [-0.3, -0.25) is 0 Å². The minimum absolute atomic E-state index is 0.571. The third-order valence-electron chi connectivity index (χ3n) is 3.81. The third-order valence-corrected chi connectivity index (χ3v) is 5.08. The Hall–Kier alpha value is -2.92. The van der Waals surface area contributed by atoms with Gasteiger partial charge in [0.15, 0.2) is 0 Å². The molecule has 0 atom stereocenters. The molecule has 0 aliphatic carbocycles. The van der Waals surface area contributed by atoms with Gasteiger partial charge in [0.05, 0.1) is 12.3 Å². The minimum atomic E-state index is -0.958. The fourth-order valence-electron chi connectivity index (χ4n) is 2.47. The molecule has 2 aromatic carbocycles. The highest BCUT2D eigenvalue weighted by molar-refractivity contribution is 7.15. The molecule has 0 radical (unpaired) electrons. The van der Waals surface area contributed by atoms with Gasteiger partial charge >= 0.3 is 5.97 Å². The monoisotopic (exact) mass is 365 g/mol. The van der Waals surface area contributed by atoms with Crippen LogP contribution in [-0.4, -0.2) is 22.7 Å². The van der Waals surface area contributed by atoms with E-state index in [1.807, 2.05) is 49.4 Å². The quantitative estimate of drug-likeness (QED) is 0.609. The van der Waals surface area contributed by atoms with Crippen molar-refractivity contribution in [2.24, 2.45) is 0 Å². The number of benzene rings is 2. The molecule has 0 spiro atoms. The fourth-order valence-corrected chi connectivity index (χ4v) is 3.52. The summed E-state index contributed by atoms with van der Waals surface area (Å²) in [5, 5.41) is 9.67. The lowest BCUT2D eigenvalue weighted by Gasteiger charge is -2.05. The van der Waals surface area contributed by atoms with Crippen LogP contribution < -0.4 is 4.74 Å². The molecule has 132 valence electrons. The van der Waals surface area contributed by atoms with Crippen LogP contribution in [0.25, 0.3) is 16.6 Å². The van der Waals surface area contributed by atoms with E-state index in [9.17, 15) is 4.79 Å². The maximum absolute atomic E-state index is 10.5. The molecule has 0 unspecified atom stereocenters. The Morgan fingerprint density at radius 1 is 1.15 bits per heavy atom. The van der Waals surface area contributed by atoms with Crippen LogP contribution in [0.5, 0.6) is 5.75 Å². The van der Waals surface area contributed by atoms with Crippen molar-refractivity contribution < 1.29 is 14.6 Å². The predicted octanol–water partition coefficient (Wildman–Crippen LogP) is 4.84. The van der Waals surface area contributed by atoms with E-state index in [1.165, 1.54) is 4.88 Å². The molecule has 0 fully saturated rings. The highest BCUT2D eigenvalue weighted by Gasteiger charge is 2.09. The molecule has 0 saturated carbocycles. The van der Waals surface area contributed by atoms with Crippen molar-refractivity contribution in [3.8, 4) is 16.3 Å². The number of aliphatic carboxylic acids is 1. The molecule has 26 heavy (non-hydrogen) atoms. The largest absolute Gasteiger partial charge is 0.493 e. The summed E-state index contributed by atoms with van der Waals surface area (Å²) < 4.78 is 5.80. The van der Waals surface area contributed by atoms with Crippen molar-refractivity contribution in [1.29, 1.82) is 0 Å². The highest BCUT2D eigenvalue weighted by Crippen LogP contribution is 2.28. The Kier molecular flexibility index (Phi) is 5.81. The Morgan fingerprint density at radius 3 is 2.58 bits per heavy atom. The second-order valence-corrected chi connectivity index (χ2v) is 6.82. The maximum Gasteiger partial charge on any atom is 0.328 e. The topological polar surface area (TPSA) is 59.4 Å². The second kappa shape index (κ2) is 8.45. The number of carbonyl (C=O) groups is 1. The molecule has 0 bridgehead atoms. The summed E-state index contributed by atoms with van der Waals surface area (Å²) in [7, 11) is 0. The molecule has 3 rings (SSSR count). The number of rotatable bonds is 7. The van der Waals surface area contributed by atoms with E-state index >= 15 is 0 Å². The van der Waals surface area contributed by atoms with Crippen molar-refractivity contribution in [2.75, 3.05) is 6.61 Å². The van der Waals surface area contributed by atoms with E-state index in [2.05, 4.69) is 17.1 Å². The van der Waals surface area contributed by atoms with Crippen LogP contribution in [-0.2, 0) is 11.2 Å². The van der Waals surface area contributed by atoms with Crippen LogP contribution in [0.2, 0.25) is 0 Å². The molecule has 5 heteroatoms. The van der Waals surface area contributed by atoms with Crippen LogP contribution in [0.3, 0.4) is 0 Å². The van der Waals surface area contributed by atoms with E-state index in [4.69, 9.17) is 9.84 Å². The number of aromatic nitrogens is 1. The van der Waals surface area contributed by atoms with Gasteiger partial charge in [0.25, 0.3) is 0 Å². The smallest absolute Gasteiger partial charge is 0.328 e. The number of hydrogen-bond acceptors (Lipinski definition) is 4. The van der Waals surface area contributed by atoms with E-state index in [0.717, 1.165) is 40.1 Å². The van der Waals surface area contributed by atoms with Gasteiger partial charge in [-0.05, 0) is 30.7 Å². The van der Waals surface area contributed by atoms with Crippen molar-refractivity contribution in [1.82, 2.24) is 4.98 Å².